The third-order valence-electron chi connectivity index (χ3n) is 6.35. The number of nitrogens with zero attached hydrogens (tertiary/aromatic N) is 1. The van der Waals surface area contributed by atoms with Crippen molar-refractivity contribution in [3.8, 4) is 23.0 Å². The lowest BCUT2D eigenvalue weighted by Crippen LogP contribution is -2.20. The summed E-state index contributed by atoms with van der Waals surface area (Å²) in [4.78, 5) is 16.2. The number of hydrogen-bond donors (Lipinski definition) is 0. The molecule has 1 aromatic heterocycles. The standard InChI is InChI=1S/C23H28BFNO4P3/c1-11(19(24)12(2)27)9-28-17-6-4-15-21(20(17)25)30-22(26-15)13-3-5-16(18(31)7-13)29-10-14-8-23(14,32)33/h3-7,11,14,19H,8-10,24,31-33H2,1-2H3/t11-,14?,19-/m0/s1. The Bertz CT molecular complexity index is 1200. The normalized spacial score (nSPS) is 18.7. The molecule has 1 saturated carbocycles. The number of oxazole rings is 1. The molecule has 4 rings (SSSR count). The fourth-order valence-electron chi connectivity index (χ4n) is 3.53. The first-order valence-electron chi connectivity index (χ1n) is 10.9. The molecule has 0 radical (unpaired) electrons. The lowest BCUT2D eigenvalue weighted by molar-refractivity contribution is -0.117. The van der Waals surface area contributed by atoms with E-state index in [0.717, 1.165) is 23.0 Å². The number of carbonyl (C=O) groups is 1. The summed E-state index contributed by atoms with van der Waals surface area (Å²) in [5.41, 5.74) is 1.19. The molecular weight excluding hydrogens is 477 g/mol. The molecule has 1 fully saturated rings. The van der Waals surface area contributed by atoms with Gasteiger partial charge in [0.1, 0.15) is 24.9 Å². The average molecular weight is 505 g/mol. The van der Waals surface area contributed by atoms with Crippen LogP contribution in [0.4, 0.5) is 4.39 Å². The van der Waals surface area contributed by atoms with Crippen molar-refractivity contribution in [2.75, 3.05) is 13.2 Å². The largest absolute Gasteiger partial charge is 0.493 e. The first-order chi connectivity index (χ1) is 15.6. The van der Waals surface area contributed by atoms with Crippen LogP contribution in [0.3, 0.4) is 0 Å². The molecule has 0 N–H and O–H groups in total. The van der Waals surface area contributed by atoms with Gasteiger partial charge in [0.05, 0.1) is 13.2 Å². The first-order valence-corrected chi connectivity index (χ1v) is 12.6. The number of ether oxygens (including phenoxy) is 2. The molecular formula is C23H28BFNO4P3. The molecule has 0 spiro atoms. The summed E-state index contributed by atoms with van der Waals surface area (Å²) >= 11 is 0. The molecule has 0 saturated heterocycles. The van der Waals surface area contributed by atoms with Crippen LogP contribution < -0.4 is 14.8 Å². The Morgan fingerprint density at radius 2 is 2.00 bits per heavy atom. The molecule has 6 atom stereocenters. The van der Waals surface area contributed by atoms with Crippen molar-refractivity contribution in [1.82, 2.24) is 4.98 Å². The van der Waals surface area contributed by atoms with Gasteiger partial charge in [-0.3, -0.25) is 0 Å². The van der Waals surface area contributed by atoms with Crippen LogP contribution in [0.15, 0.2) is 34.7 Å². The zero-order valence-corrected chi connectivity index (χ0v) is 22.4. The summed E-state index contributed by atoms with van der Waals surface area (Å²) in [6.45, 7) is 4.35. The number of Topliss-reactive ketones (excluding diaryl/α,β-unsaturated/α-hetero) is 1. The van der Waals surface area contributed by atoms with Crippen molar-refractivity contribution < 1.29 is 23.1 Å². The number of aromatic nitrogens is 1. The molecule has 3 aromatic rings. The molecule has 1 aliphatic rings. The first kappa shape index (κ1) is 24.6. The fraction of sp³-hybridized carbons (Fsp3) is 0.391. The number of fused-ring (bicyclic) bond motifs is 1. The third kappa shape index (κ3) is 5.42. The quantitative estimate of drug-likeness (QED) is 0.325. The van der Waals surface area contributed by atoms with E-state index >= 15 is 4.39 Å². The van der Waals surface area contributed by atoms with Crippen molar-refractivity contribution in [3.63, 3.8) is 0 Å². The van der Waals surface area contributed by atoms with E-state index in [1.165, 1.54) is 0 Å². The predicted molar refractivity (Wildman–Crippen MR) is 142 cm³/mol. The van der Waals surface area contributed by atoms with E-state index in [1.54, 1.807) is 19.1 Å². The van der Waals surface area contributed by atoms with Gasteiger partial charge in [-0.1, -0.05) is 6.92 Å². The average Bonchev–Trinajstić information content (AvgIpc) is 3.17. The van der Waals surface area contributed by atoms with Gasteiger partial charge in [-0.2, -0.15) is 4.39 Å². The van der Waals surface area contributed by atoms with Gasteiger partial charge in [-0.25, -0.2) is 4.98 Å². The lowest BCUT2D eigenvalue weighted by Gasteiger charge is -2.18. The SMILES string of the molecule is B[C@H](C(C)=O)[C@@H](C)COc1ccc2nc(-c3ccc(OCC4CC4(P)P)c(P)c3)oc2c1F. The number of halogens is 1. The number of rotatable bonds is 9. The summed E-state index contributed by atoms with van der Waals surface area (Å²) in [5.74, 6) is 1.01. The van der Waals surface area contributed by atoms with Gasteiger partial charge in [0.15, 0.2) is 11.3 Å². The van der Waals surface area contributed by atoms with Crippen LogP contribution in [0, 0.1) is 17.7 Å². The topological polar surface area (TPSA) is 61.6 Å². The maximum absolute atomic E-state index is 15.0. The third-order valence-corrected chi connectivity index (χ3v) is 8.22. The van der Waals surface area contributed by atoms with Crippen LogP contribution in [0.5, 0.6) is 11.5 Å². The van der Waals surface area contributed by atoms with Gasteiger partial charge in [0.25, 0.3) is 0 Å². The Balaban J connectivity index is 1.49. The minimum Gasteiger partial charge on any atom is -0.493 e. The molecule has 10 heteroatoms. The van der Waals surface area contributed by atoms with Gasteiger partial charge in [0.2, 0.25) is 11.7 Å². The second-order valence-corrected chi connectivity index (χ2v) is 12.4. The molecule has 0 bridgehead atoms. The van der Waals surface area contributed by atoms with E-state index in [9.17, 15) is 4.79 Å². The Labute approximate surface area is 201 Å². The zero-order valence-electron chi connectivity index (χ0n) is 18.9. The molecule has 1 aliphatic carbocycles. The van der Waals surface area contributed by atoms with Crippen molar-refractivity contribution in [3.05, 3.63) is 36.1 Å². The number of hydrogen-bond acceptors (Lipinski definition) is 5. The van der Waals surface area contributed by atoms with E-state index in [4.69, 9.17) is 13.9 Å². The molecule has 5 nitrogen and oxygen atoms in total. The highest BCUT2D eigenvalue weighted by Gasteiger charge is 2.46. The van der Waals surface area contributed by atoms with Crippen LogP contribution >= 0.6 is 27.7 Å². The second-order valence-electron chi connectivity index (χ2n) is 9.01. The Morgan fingerprint density at radius 1 is 1.30 bits per heavy atom. The highest BCUT2D eigenvalue weighted by Crippen LogP contribution is 2.56. The van der Waals surface area contributed by atoms with Crippen molar-refractivity contribution in [2.24, 2.45) is 11.8 Å². The van der Waals surface area contributed by atoms with Gasteiger partial charge in [0, 0.05) is 21.7 Å². The van der Waals surface area contributed by atoms with E-state index in [-0.39, 0.29) is 40.4 Å². The van der Waals surface area contributed by atoms with E-state index in [2.05, 4.69) is 32.7 Å². The minimum atomic E-state index is -0.595. The fourth-order valence-corrected chi connectivity index (χ4v) is 4.65. The summed E-state index contributed by atoms with van der Waals surface area (Å²) in [6.07, 6.45) is 1.11. The summed E-state index contributed by atoms with van der Waals surface area (Å²) in [5, 5.41) is 0.881. The summed E-state index contributed by atoms with van der Waals surface area (Å²) in [7, 11) is 10.2. The molecule has 174 valence electrons. The Kier molecular flexibility index (Phi) is 7.16. The second kappa shape index (κ2) is 9.61. The van der Waals surface area contributed by atoms with Crippen LogP contribution in [0.1, 0.15) is 20.3 Å². The Morgan fingerprint density at radius 3 is 2.64 bits per heavy atom. The minimum absolute atomic E-state index is 0.0346. The van der Waals surface area contributed by atoms with Crippen LogP contribution in [0.25, 0.3) is 22.6 Å². The molecule has 0 aliphatic heterocycles. The number of ketones is 1. The van der Waals surface area contributed by atoms with Crippen molar-refractivity contribution in [1.29, 1.82) is 0 Å². The van der Waals surface area contributed by atoms with Crippen LogP contribution in [0.2, 0.25) is 5.82 Å². The van der Waals surface area contributed by atoms with Crippen molar-refractivity contribution in [2.45, 2.75) is 31.0 Å². The maximum Gasteiger partial charge on any atom is 0.227 e. The highest BCUT2D eigenvalue weighted by molar-refractivity contribution is 7.40. The molecule has 33 heavy (non-hydrogen) atoms. The highest BCUT2D eigenvalue weighted by atomic mass is 31.1. The van der Waals surface area contributed by atoms with Gasteiger partial charge in [-0.05, 0) is 55.4 Å². The van der Waals surface area contributed by atoms with Gasteiger partial charge < -0.3 is 18.7 Å². The van der Waals surface area contributed by atoms with Gasteiger partial charge in [-0.15, -0.1) is 27.7 Å². The van der Waals surface area contributed by atoms with E-state index in [1.807, 2.05) is 33.0 Å². The molecule has 4 unspecified atom stereocenters. The zero-order chi connectivity index (χ0) is 23.9. The van der Waals surface area contributed by atoms with Gasteiger partial charge >= 0.3 is 0 Å². The Hall–Kier alpha value is -1.54. The monoisotopic (exact) mass is 505 g/mol. The van der Waals surface area contributed by atoms with Crippen LogP contribution in [-0.4, -0.2) is 36.7 Å². The molecule has 0 amide bonds. The predicted octanol–water partition coefficient (Wildman–Crippen LogP) is 4.01. The molecule has 2 aromatic carbocycles. The summed E-state index contributed by atoms with van der Waals surface area (Å²) < 4.78 is 32.4. The van der Waals surface area contributed by atoms with E-state index < -0.39 is 5.82 Å². The van der Waals surface area contributed by atoms with Crippen molar-refractivity contribution >= 4 is 57.8 Å². The molecule has 1 heterocycles. The van der Waals surface area contributed by atoms with Crippen LogP contribution in [-0.2, 0) is 4.79 Å². The summed E-state index contributed by atoms with van der Waals surface area (Å²) in [6, 6.07) is 8.85. The van der Waals surface area contributed by atoms with E-state index in [0.29, 0.717) is 23.9 Å². The lowest BCUT2D eigenvalue weighted by atomic mass is 9.75. The smallest absolute Gasteiger partial charge is 0.227 e. The number of carbonyl (C=O) groups excluding carboxylic acids is 1. The maximum atomic E-state index is 15.0. The number of benzene rings is 2.